The number of esters is 1. The predicted molar refractivity (Wildman–Crippen MR) is 160 cm³/mol. The Kier molecular flexibility index (Phi) is 7.85. The van der Waals surface area contributed by atoms with Crippen molar-refractivity contribution < 1.29 is 22.7 Å². The molecule has 11 heteroatoms. The molecule has 0 fully saturated rings. The zero-order valence-electron chi connectivity index (χ0n) is 25.3. The second-order valence-electron chi connectivity index (χ2n) is 12.5. The van der Waals surface area contributed by atoms with Gasteiger partial charge in [0, 0.05) is 36.0 Å². The molecule has 0 aliphatic carbocycles. The molecule has 0 aromatic carbocycles. The van der Waals surface area contributed by atoms with Crippen LogP contribution in [-0.4, -0.2) is 52.5 Å². The Morgan fingerprint density at radius 3 is 2.46 bits per heavy atom. The molecule has 4 rings (SSSR count). The summed E-state index contributed by atoms with van der Waals surface area (Å²) < 4.78 is 35.2. The van der Waals surface area contributed by atoms with Gasteiger partial charge in [-0.05, 0) is 70.2 Å². The fraction of sp³-hybridized carbons (Fsp3) is 0.533. The van der Waals surface area contributed by atoms with Crippen molar-refractivity contribution in [3.05, 3.63) is 47.4 Å². The summed E-state index contributed by atoms with van der Waals surface area (Å²) in [6.07, 6.45) is 4.84. The van der Waals surface area contributed by atoms with Gasteiger partial charge < -0.3 is 20.5 Å². The average molecular weight is 584 g/mol. The maximum absolute atomic E-state index is 12.4. The molecule has 3 aromatic rings. The number of nitrogens with one attached hydrogen (secondary N) is 1. The van der Waals surface area contributed by atoms with Gasteiger partial charge in [-0.1, -0.05) is 20.8 Å². The van der Waals surface area contributed by atoms with E-state index in [2.05, 4.69) is 15.3 Å². The predicted octanol–water partition coefficient (Wildman–Crippen LogP) is 5.17. The quantitative estimate of drug-likeness (QED) is 0.323. The van der Waals surface area contributed by atoms with E-state index in [0.717, 1.165) is 10.9 Å². The van der Waals surface area contributed by atoms with Crippen LogP contribution in [0.2, 0.25) is 0 Å². The summed E-state index contributed by atoms with van der Waals surface area (Å²) >= 11 is 0. The molecule has 0 amide bonds. The molecule has 222 valence electrons. The summed E-state index contributed by atoms with van der Waals surface area (Å²) in [6.45, 7) is 15.0. The smallest absolute Gasteiger partial charge is 0.340 e. The van der Waals surface area contributed by atoms with Crippen LogP contribution in [0.1, 0.15) is 89.8 Å². The highest BCUT2D eigenvalue weighted by Crippen LogP contribution is 2.38. The molecular formula is C30H41N5O5S. The van der Waals surface area contributed by atoms with E-state index in [1.54, 1.807) is 38.4 Å². The second kappa shape index (κ2) is 10.5. The highest BCUT2D eigenvalue weighted by Gasteiger charge is 2.41. The number of carbonyl (C=O) groups is 1. The van der Waals surface area contributed by atoms with E-state index in [4.69, 9.17) is 20.2 Å². The van der Waals surface area contributed by atoms with Crippen LogP contribution in [-0.2, 0) is 25.5 Å². The molecule has 3 atom stereocenters. The molecule has 1 aliphatic rings. The lowest BCUT2D eigenvalue weighted by molar-refractivity contribution is 0.00864. The van der Waals surface area contributed by atoms with Gasteiger partial charge in [-0.3, -0.25) is 0 Å². The van der Waals surface area contributed by atoms with Crippen LogP contribution < -0.4 is 15.8 Å². The number of fused-ring (bicyclic) bond motifs is 2. The molecule has 3 aromatic heterocycles. The van der Waals surface area contributed by atoms with E-state index in [1.165, 1.54) is 6.26 Å². The zero-order valence-corrected chi connectivity index (χ0v) is 26.1. The van der Waals surface area contributed by atoms with E-state index >= 15 is 0 Å². The number of hydrogen-bond donors (Lipinski definition) is 2. The van der Waals surface area contributed by atoms with Crippen molar-refractivity contribution in [1.29, 1.82) is 0 Å². The number of nitrogens with two attached hydrogens (primary N) is 1. The zero-order chi connectivity index (χ0) is 30.5. The molecular weight excluding hydrogens is 542 g/mol. The monoisotopic (exact) mass is 583 g/mol. The number of aromatic nitrogens is 3. The maximum Gasteiger partial charge on any atom is 0.340 e. The van der Waals surface area contributed by atoms with Crippen LogP contribution in [0.15, 0.2) is 30.6 Å². The minimum Gasteiger partial charge on any atom is -0.474 e. The first-order valence-corrected chi connectivity index (χ1v) is 15.7. The first-order valence-electron chi connectivity index (χ1n) is 13.8. The lowest BCUT2D eigenvalue weighted by Gasteiger charge is -2.36. The third kappa shape index (κ3) is 5.88. The van der Waals surface area contributed by atoms with Gasteiger partial charge in [0.1, 0.15) is 17.7 Å². The fourth-order valence-corrected chi connectivity index (χ4v) is 5.41. The van der Waals surface area contributed by atoms with Crippen molar-refractivity contribution in [1.82, 2.24) is 15.0 Å². The van der Waals surface area contributed by atoms with Crippen LogP contribution in [0, 0.1) is 0 Å². The Morgan fingerprint density at radius 2 is 1.83 bits per heavy atom. The average Bonchev–Trinajstić information content (AvgIpc) is 2.86. The molecule has 0 saturated carbocycles. The van der Waals surface area contributed by atoms with Crippen LogP contribution >= 0.6 is 0 Å². The Balaban J connectivity index is 1.73. The van der Waals surface area contributed by atoms with Gasteiger partial charge in [-0.25, -0.2) is 28.2 Å². The number of carbonyl (C=O) groups excluding carboxylic acids is 1. The molecule has 1 unspecified atom stereocenters. The molecule has 10 nitrogen and oxygen atoms in total. The standard InChI is InChI=1S/C30H41N5O5S/c1-10-30(8,31)22-16-33-26(39-17(2)14-28(4,5)41(9,37)38)21-15-32-24(13-20(21)22)34-23-12-11-19-25(35-23)29(6,7)18(3)40-27(19)36/h11-13,15-18H,10,14,31H2,1-9H3,(H,32,34,35)/t17-,18+,30?/m1/s1. The van der Waals surface area contributed by atoms with Crippen molar-refractivity contribution in [3.63, 3.8) is 0 Å². The number of pyridine rings is 3. The number of rotatable bonds is 9. The molecule has 0 saturated heterocycles. The van der Waals surface area contributed by atoms with E-state index in [1.807, 2.05) is 47.6 Å². The van der Waals surface area contributed by atoms with E-state index in [-0.39, 0.29) is 12.1 Å². The fourth-order valence-electron chi connectivity index (χ4n) is 4.87. The number of anilines is 2. The molecule has 4 heterocycles. The van der Waals surface area contributed by atoms with Gasteiger partial charge in [-0.15, -0.1) is 0 Å². The van der Waals surface area contributed by atoms with Crippen LogP contribution in [0.3, 0.4) is 0 Å². The molecule has 41 heavy (non-hydrogen) atoms. The first-order chi connectivity index (χ1) is 18.9. The Morgan fingerprint density at radius 1 is 1.15 bits per heavy atom. The normalized spacial score (nSPS) is 19.2. The third-order valence-electron chi connectivity index (χ3n) is 8.46. The number of sulfone groups is 1. The molecule has 0 radical (unpaired) electrons. The minimum atomic E-state index is -3.29. The number of nitrogens with zero attached hydrogens (tertiary/aromatic N) is 3. The van der Waals surface area contributed by atoms with E-state index in [0.29, 0.717) is 47.0 Å². The largest absolute Gasteiger partial charge is 0.474 e. The van der Waals surface area contributed by atoms with Gasteiger partial charge in [-0.2, -0.15) is 0 Å². The van der Waals surface area contributed by atoms with Crippen LogP contribution in [0.5, 0.6) is 5.88 Å². The van der Waals surface area contributed by atoms with E-state index < -0.39 is 31.6 Å². The van der Waals surface area contributed by atoms with Gasteiger partial charge >= 0.3 is 5.97 Å². The minimum absolute atomic E-state index is 0.292. The van der Waals surface area contributed by atoms with Crippen LogP contribution in [0.4, 0.5) is 11.6 Å². The second-order valence-corrected chi connectivity index (χ2v) is 15.2. The topological polar surface area (TPSA) is 146 Å². The summed E-state index contributed by atoms with van der Waals surface area (Å²) in [6, 6.07) is 5.33. The summed E-state index contributed by atoms with van der Waals surface area (Å²) in [4.78, 5) is 26.4. The summed E-state index contributed by atoms with van der Waals surface area (Å²) in [5, 5.41) is 4.75. The van der Waals surface area contributed by atoms with Crippen molar-refractivity contribution in [2.24, 2.45) is 5.73 Å². The Labute approximate surface area is 242 Å². The van der Waals surface area contributed by atoms with Crippen molar-refractivity contribution in [3.8, 4) is 5.88 Å². The first kappa shape index (κ1) is 30.6. The molecule has 3 N–H and O–H groups in total. The molecule has 0 spiro atoms. The molecule has 1 aliphatic heterocycles. The highest BCUT2D eigenvalue weighted by atomic mass is 32.2. The molecule has 0 bridgehead atoms. The van der Waals surface area contributed by atoms with E-state index in [9.17, 15) is 13.2 Å². The maximum atomic E-state index is 12.4. The summed E-state index contributed by atoms with van der Waals surface area (Å²) in [5.41, 5.74) is 7.49. The highest BCUT2D eigenvalue weighted by molar-refractivity contribution is 7.92. The third-order valence-corrected chi connectivity index (χ3v) is 10.6. The Hall–Kier alpha value is -3.31. The number of hydrogen-bond acceptors (Lipinski definition) is 10. The van der Waals surface area contributed by atoms with Crippen LogP contribution in [0.25, 0.3) is 10.8 Å². The SMILES string of the molecule is CCC(C)(N)c1cnc(O[C@H](C)CC(C)(C)S(C)(=O)=O)c2cnc(Nc3ccc4c(n3)C(C)(C)[C@H](C)OC4=O)cc12. The Bertz CT molecular complexity index is 1600. The lowest BCUT2D eigenvalue weighted by atomic mass is 9.79. The van der Waals surface area contributed by atoms with Crippen molar-refractivity contribution >= 4 is 38.2 Å². The van der Waals surface area contributed by atoms with Gasteiger partial charge in [0.05, 0.1) is 27.5 Å². The van der Waals surface area contributed by atoms with Crippen molar-refractivity contribution in [2.45, 2.75) is 96.1 Å². The summed E-state index contributed by atoms with van der Waals surface area (Å²) in [7, 11) is -3.29. The van der Waals surface area contributed by atoms with Gasteiger partial charge in [0.25, 0.3) is 0 Å². The number of cyclic esters (lactones) is 1. The number of ether oxygens (including phenoxy) is 2. The van der Waals surface area contributed by atoms with Crippen molar-refractivity contribution in [2.75, 3.05) is 11.6 Å². The van der Waals surface area contributed by atoms with Gasteiger partial charge in [0.15, 0.2) is 9.84 Å². The van der Waals surface area contributed by atoms with Gasteiger partial charge in [0.2, 0.25) is 5.88 Å². The lowest BCUT2D eigenvalue weighted by Crippen LogP contribution is -2.42. The summed E-state index contributed by atoms with van der Waals surface area (Å²) in [5.74, 6) is 1.05.